The minimum absolute atomic E-state index is 0.732. The molecule has 2 saturated heterocycles. The number of hydrogen-bond donors (Lipinski definition) is 0. The number of rotatable bonds is 3. The van der Waals surface area contributed by atoms with Crippen molar-refractivity contribution < 1.29 is 0 Å². The average Bonchev–Trinajstić information content (AvgIpc) is 2.39. The van der Waals surface area contributed by atoms with E-state index in [1.807, 2.05) is 0 Å². The lowest BCUT2D eigenvalue weighted by Crippen LogP contribution is -2.48. The van der Waals surface area contributed by atoms with Gasteiger partial charge in [-0.2, -0.15) is 0 Å². The predicted molar refractivity (Wildman–Crippen MR) is 87.5 cm³/mol. The Hall–Kier alpha value is 0.650. The zero-order valence-corrected chi connectivity index (χ0v) is 14.4. The van der Waals surface area contributed by atoms with Gasteiger partial charge in [-0.3, -0.25) is 0 Å². The van der Waals surface area contributed by atoms with Crippen molar-refractivity contribution in [2.45, 2.75) is 62.5 Å². The van der Waals surface area contributed by atoms with E-state index in [0.717, 1.165) is 21.9 Å². The van der Waals surface area contributed by atoms with Crippen LogP contribution in [0.2, 0.25) is 0 Å². The molecule has 0 aromatic rings. The minimum atomic E-state index is 0.732. The second-order valence-corrected chi connectivity index (χ2v) is 8.18. The van der Waals surface area contributed by atoms with E-state index < -0.39 is 0 Å². The van der Waals surface area contributed by atoms with Crippen LogP contribution < -0.4 is 0 Å². The Kier molecular flexibility index (Phi) is 5.76. The zero-order chi connectivity index (χ0) is 13.1. The fourth-order valence-corrected chi connectivity index (χ4v) is 4.05. The molecule has 0 bridgehead atoms. The lowest BCUT2D eigenvalue weighted by Gasteiger charge is -2.42. The Morgan fingerprint density at radius 1 is 0.833 bits per heavy atom. The first-order chi connectivity index (χ1) is 8.58. The summed E-state index contributed by atoms with van der Waals surface area (Å²) >= 11 is 2.62. The number of nitrogens with zero attached hydrogens (tertiary/aromatic N) is 2. The third-order valence-corrected chi connectivity index (χ3v) is 6.27. The van der Waals surface area contributed by atoms with Crippen LogP contribution in [0.1, 0.15) is 46.5 Å². The lowest BCUT2D eigenvalue weighted by molar-refractivity contribution is 0.0744. The highest BCUT2D eigenvalue weighted by Gasteiger charge is 2.30. The average molecular weight is 364 g/mol. The largest absolute Gasteiger partial charge is 0.301 e. The molecule has 18 heavy (non-hydrogen) atoms. The zero-order valence-electron chi connectivity index (χ0n) is 12.2. The first kappa shape index (κ1) is 15.0. The van der Waals surface area contributed by atoms with E-state index in [0.29, 0.717) is 0 Å². The van der Waals surface area contributed by atoms with E-state index >= 15 is 0 Å². The molecular formula is C15H29IN2. The van der Waals surface area contributed by atoms with E-state index in [4.69, 9.17) is 0 Å². The maximum atomic E-state index is 2.75. The summed E-state index contributed by atoms with van der Waals surface area (Å²) < 4.78 is 0.925. The van der Waals surface area contributed by atoms with Crippen LogP contribution in [0, 0.1) is 5.92 Å². The van der Waals surface area contributed by atoms with Gasteiger partial charge >= 0.3 is 0 Å². The van der Waals surface area contributed by atoms with E-state index in [1.54, 1.807) is 0 Å². The van der Waals surface area contributed by atoms with E-state index in [2.05, 4.69) is 53.2 Å². The van der Waals surface area contributed by atoms with E-state index in [9.17, 15) is 0 Å². The fourth-order valence-electron chi connectivity index (χ4n) is 3.49. The van der Waals surface area contributed by atoms with Gasteiger partial charge in [0.05, 0.1) is 0 Å². The molecule has 2 heterocycles. The predicted octanol–water partition coefficient (Wildman–Crippen LogP) is 3.39. The highest BCUT2D eigenvalue weighted by atomic mass is 127. The van der Waals surface area contributed by atoms with Gasteiger partial charge in [-0.05, 0) is 78.6 Å². The number of piperidine rings is 2. The van der Waals surface area contributed by atoms with Gasteiger partial charge in [0.25, 0.3) is 0 Å². The van der Waals surface area contributed by atoms with Crippen LogP contribution in [0.25, 0.3) is 0 Å². The Morgan fingerprint density at radius 3 is 1.83 bits per heavy atom. The topological polar surface area (TPSA) is 6.48 Å². The molecule has 2 rings (SSSR count). The molecule has 0 aromatic carbocycles. The first-order valence-electron chi connectivity index (χ1n) is 7.70. The highest BCUT2D eigenvalue weighted by molar-refractivity contribution is 14.1. The second kappa shape index (κ2) is 6.89. The van der Waals surface area contributed by atoms with Gasteiger partial charge in [-0.1, -0.05) is 22.6 Å². The maximum Gasteiger partial charge on any atom is 0.0134 e. The number of likely N-dealkylation sites (tertiary alicyclic amines) is 2. The van der Waals surface area contributed by atoms with Crippen LogP contribution in [0.5, 0.6) is 0 Å². The van der Waals surface area contributed by atoms with Gasteiger partial charge in [0.15, 0.2) is 0 Å². The molecular weight excluding hydrogens is 335 g/mol. The first-order valence-corrected chi connectivity index (χ1v) is 8.94. The van der Waals surface area contributed by atoms with Gasteiger partial charge in [0.1, 0.15) is 0 Å². The molecule has 0 radical (unpaired) electrons. The maximum absolute atomic E-state index is 2.75. The molecule has 0 N–H and O–H groups in total. The molecule has 2 fully saturated rings. The van der Waals surface area contributed by atoms with Crippen molar-refractivity contribution in [3.05, 3.63) is 0 Å². The molecule has 2 aliphatic heterocycles. The van der Waals surface area contributed by atoms with Crippen molar-refractivity contribution in [3.8, 4) is 0 Å². The number of halogens is 1. The van der Waals surface area contributed by atoms with Crippen LogP contribution in [0.15, 0.2) is 0 Å². The second-order valence-electron chi connectivity index (χ2n) is 6.42. The molecule has 1 atom stereocenters. The fraction of sp³-hybridized carbons (Fsp3) is 1.00. The quantitative estimate of drug-likeness (QED) is 0.560. The van der Waals surface area contributed by atoms with Gasteiger partial charge in [0, 0.05) is 16.0 Å². The molecule has 0 saturated carbocycles. The van der Waals surface area contributed by atoms with Gasteiger partial charge in [0.2, 0.25) is 0 Å². The molecule has 0 amide bonds. The molecule has 2 nitrogen and oxygen atoms in total. The Balaban J connectivity index is 1.78. The molecule has 106 valence electrons. The van der Waals surface area contributed by atoms with E-state index in [1.165, 1.54) is 51.9 Å². The highest BCUT2D eigenvalue weighted by Crippen LogP contribution is 2.28. The smallest absolute Gasteiger partial charge is 0.0134 e. The number of alkyl halides is 1. The summed E-state index contributed by atoms with van der Waals surface area (Å²) in [7, 11) is 0. The van der Waals surface area contributed by atoms with Crippen molar-refractivity contribution in [2.24, 2.45) is 5.92 Å². The van der Waals surface area contributed by atoms with Crippen molar-refractivity contribution >= 4 is 22.6 Å². The molecule has 0 aromatic heterocycles. The van der Waals surface area contributed by atoms with Gasteiger partial charge in [-0.25, -0.2) is 0 Å². The summed E-state index contributed by atoms with van der Waals surface area (Å²) in [4.78, 5) is 5.39. The summed E-state index contributed by atoms with van der Waals surface area (Å²) in [6.07, 6.45) is 5.61. The summed E-state index contributed by atoms with van der Waals surface area (Å²) in [6, 6.07) is 1.54. The number of hydrogen-bond acceptors (Lipinski definition) is 2. The van der Waals surface area contributed by atoms with Crippen molar-refractivity contribution in [1.29, 1.82) is 0 Å². The summed E-state index contributed by atoms with van der Waals surface area (Å²) in [5, 5.41) is 0. The summed E-state index contributed by atoms with van der Waals surface area (Å²) in [5.74, 6) is 0.936. The van der Waals surface area contributed by atoms with Gasteiger partial charge in [-0.15, -0.1) is 0 Å². The van der Waals surface area contributed by atoms with E-state index in [-0.39, 0.29) is 0 Å². The molecule has 3 heteroatoms. The molecule has 0 spiro atoms. The lowest BCUT2D eigenvalue weighted by atomic mass is 9.88. The standard InChI is InChI=1S/C15H29IN2/c1-12(2)17-8-4-14(5-9-17)13(3)18-10-6-15(16)7-11-18/h12-15H,4-11H2,1-3H3/t13-/m0/s1. The summed E-state index contributed by atoms with van der Waals surface area (Å²) in [6.45, 7) is 12.4. The van der Waals surface area contributed by atoms with Gasteiger partial charge < -0.3 is 9.80 Å². The van der Waals surface area contributed by atoms with Crippen molar-refractivity contribution in [3.63, 3.8) is 0 Å². The minimum Gasteiger partial charge on any atom is -0.301 e. The van der Waals surface area contributed by atoms with Crippen LogP contribution in [0.4, 0.5) is 0 Å². The van der Waals surface area contributed by atoms with Crippen molar-refractivity contribution in [1.82, 2.24) is 9.80 Å². The Bertz CT molecular complexity index is 241. The van der Waals surface area contributed by atoms with Crippen LogP contribution >= 0.6 is 22.6 Å². The SMILES string of the molecule is CC(C)N1CCC([C@H](C)N2CCC(I)CC2)CC1. The third-order valence-electron chi connectivity index (χ3n) is 5.02. The van der Waals surface area contributed by atoms with Crippen LogP contribution in [-0.4, -0.2) is 52.0 Å². The molecule has 0 aliphatic carbocycles. The Labute approximate surface area is 127 Å². The molecule has 0 unspecified atom stereocenters. The van der Waals surface area contributed by atoms with Crippen LogP contribution in [-0.2, 0) is 0 Å². The Morgan fingerprint density at radius 2 is 1.33 bits per heavy atom. The van der Waals surface area contributed by atoms with Crippen LogP contribution in [0.3, 0.4) is 0 Å². The summed E-state index contributed by atoms with van der Waals surface area (Å²) in [5.41, 5.74) is 0. The third kappa shape index (κ3) is 3.83. The van der Waals surface area contributed by atoms with Crippen molar-refractivity contribution in [2.75, 3.05) is 26.2 Å². The molecule has 2 aliphatic rings. The normalized spacial score (nSPS) is 27.8. The monoisotopic (exact) mass is 364 g/mol.